The molecule has 0 radical (unpaired) electrons. The van der Waals surface area contributed by atoms with Crippen molar-refractivity contribution in [3.63, 3.8) is 0 Å². The molecule has 0 heterocycles. The van der Waals surface area contributed by atoms with Gasteiger partial charge in [-0.15, -0.1) is 0 Å². The molecule has 1 atom stereocenters. The molecule has 1 N–H and O–H groups in total. The summed E-state index contributed by atoms with van der Waals surface area (Å²) >= 11 is 0. The molecule has 1 aliphatic carbocycles. The highest BCUT2D eigenvalue weighted by atomic mass is 32.2. The Morgan fingerprint density at radius 1 is 1.62 bits per heavy atom. The quantitative estimate of drug-likeness (QED) is 0.710. The molecular formula is C8H14N2O2S. The summed E-state index contributed by atoms with van der Waals surface area (Å²) in [6, 6.07) is 1.79. The van der Waals surface area contributed by atoms with Crippen molar-refractivity contribution in [2.45, 2.75) is 31.4 Å². The maximum Gasteiger partial charge on any atom is 0.227 e. The fraction of sp³-hybridized carbons (Fsp3) is 0.875. The number of sulfonamides is 1. The molecule has 0 aliphatic heterocycles. The summed E-state index contributed by atoms with van der Waals surface area (Å²) < 4.78 is 25.3. The molecule has 1 fully saturated rings. The van der Waals surface area contributed by atoms with Crippen LogP contribution in [-0.2, 0) is 10.0 Å². The van der Waals surface area contributed by atoms with E-state index in [1.54, 1.807) is 13.0 Å². The van der Waals surface area contributed by atoms with Gasteiger partial charge in [0, 0.05) is 6.54 Å². The first-order valence-electron chi connectivity index (χ1n) is 4.48. The molecule has 0 aromatic heterocycles. The lowest BCUT2D eigenvalue weighted by molar-refractivity contribution is 0.568. The first-order valence-corrected chi connectivity index (χ1v) is 6.03. The maximum absolute atomic E-state index is 11.4. The molecule has 0 aromatic carbocycles. The number of hydrogen-bond acceptors (Lipinski definition) is 3. The van der Waals surface area contributed by atoms with E-state index in [2.05, 4.69) is 4.72 Å². The van der Waals surface area contributed by atoms with Gasteiger partial charge in [0.1, 0.15) is 0 Å². The van der Waals surface area contributed by atoms with Crippen LogP contribution in [0.4, 0.5) is 0 Å². The third-order valence-electron chi connectivity index (χ3n) is 2.16. The molecule has 1 unspecified atom stereocenters. The van der Waals surface area contributed by atoms with Crippen molar-refractivity contribution in [1.29, 1.82) is 5.26 Å². The molecule has 0 amide bonds. The highest BCUT2D eigenvalue weighted by Gasteiger charge is 2.27. The Hall–Kier alpha value is -0.600. The van der Waals surface area contributed by atoms with Crippen LogP contribution in [0.15, 0.2) is 0 Å². The van der Waals surface area contributed by atoms with Gasteiger partial charge < -0.3 is 0 Å². The van der Waals surface area contributed by atoms with Crippen LogP contribution in [0.25, 0.3) is 0 Å². The molecule has 0 aromatic rings. The molecule has 5 heteroatoms. The van der Waals surface area contributed by atoms with Crippen LogP contribution in [-0.4, -0.2) is 20.2 Å². The highest BCUT2D eigenvalue weighted by molar-refractivity contribution is 7.90. The Labute approximate surface area is 79.0 Å². The smallest absolute Gasteiger partial charge is 0.214 e. The highest BCUT2D eigenvalue weighted by Crippen LogP contribution is 2.27. The third kappa shape index (κ3) is 2.98. The van der Waals surface area contributed by atoms with Gasteiger partial charge in [-0.3, -0.25) is 0 Å². The van der Waals surface area contributed by atoms with Crippen LogP contribution in [0.1, 0.15) is 26.2 Å². The molecule has 1 rings (SSSR count). The maximum atomic E-state index is 11.4. The molecule has 0 spiro atoms. The summed E-state index contributed by atoms with van der Waals surface area (Å²) in [7, 11) is -3.39. The summed E-state index contributed by atoms with van der Waals surface area (Å²) in [6.07, 6.45) is 2.55. The Balaban J connectivity index is 2.48. The van der Waals surface area contributed by atoms with E-state index in [4.69, 9.17) is 5.26 Å². The van der Waals surface area contributed by atoms with Crippen molar-refractivity contribution >= 4 is 10.0 Å². The first kappa shape index (κ1) is 10.5. The summed E-state index contributed by atoms with van der Waals surface area (Å²) in [5, 5.41) is 7.68. The fourth-order valence-electron chi connectivity index (χ4n) is 1.04. The van der Waals surface area contributed by atoms with E-state index in [-0.39, 0.29) is 0 Å². The number of hydrogen-bond donors (Lipinski definition) is 1. The Bertz CT molecular complexity index is 301. The van der Waals surface area contributed by atoms with Crippen LogP contribution in [0.5, 0.6) is 0 Å². The van der Waals surface area contributed by atoms with E-state index in [0.29, 0.717) is 18.9 Å². The average Bonchev–Trinajstić information content (AvgIpc) is 2.85. The van der Waals surface area contributed by atoms with Crippen molar-refractivity contribution in [2.24, 2.45) is 5.92 Å². The topological polar surface area (TPSA) is 70.0 Å². The monoisotopic (exact) mass is 202 g/mol. The van der Waals surface area contributed by atoms with Crippen LogP contribution in [0.2, 0.25) is 0 Å². The van der Waals surface area contributed by atoms with Gasteiger partial charge in [0.05, 0.1) is 6.07 Å². The van der Waals surface area contributed by atoms with Crippen molar-refractivity contribution in [2.75, 3.05) is 6.54 Å². The summed E-state index contributed by atoms with van der Waals surface area (Å²) in [6.45, 7) is 2.20. The number of nitrogens with zero attached hydrogens (tertiary/aromatic N) is 1. The first-order chi connectivity index (χ1) is 6.10. The molecule has 13 heavy (non-hydrogen) atoms. The molecule has 0 saturated heterocycles. The van der Waals surface area contributed by atoms with E-state index >= 15 is 0 Å². The predicted molar refractivity (Wildman–Crippen MR) is 49.3 cm³/mol. The SMILES string of the molecule is CCC(C#N)S(=O)(=O)NCC1CC1. The molecular weight excluding hydrogens is 188 g/mol. The van der Waals surface area contributed by atoms with Gasteiger partial charge in [-0.05, 0) is 25.2 Å². The Morgan fingerprint density at radius 2 is 2.23 bits per heavy atom. The van der Waals surface area contributed by atoms with Crippen molar-refractivity contribution in [1.82, 2.24) is 4.72 Å². The minimum Gasteiger partial charge on any atom is -0.214 e. The zero-order valence-corrected chi connectivity index (χ0v) is 8.47. The van der Waals surface area contributed by atoms with Crippen LogP contribution in [0.3, 0.4) is 0 Å². The van der Waals surface area contributed by atoms with E-state index in [1.165, 1.54) is 0 Å². The van der Waals surface area contributed by atoms with Gasteiger partial charge in [0.2, 0.25) is 10.0 Å². The molecule has 74 valence electrons. The van der Waals surface area contributed by atoms with Gasteiger partial charge >= 0.3 is 0 Å². The number of rotatable bonds is 5. The van der Waals surface area contributed by atoms with E-state index in [1.807, 2.05) is 0 Å². The molecule has 1 saturated carbocycles. The standard InChI is InChI=1S/C8H14N2O2S/c1-2-8(5-9)13(11,12)10-6-7-3-4-7/h7-8,10H,2-4,6H2,1H3. The Morgan fingerprint density at radius 3 is 2.62 bits per heavy atom. The second-order valence-electron chi connectivity index (χ2n) is 3.36. The van der Waals surface area contributed by atoms with Gasteiger partial charge in [-0.25, -0.2) is 13.1 Å². The lowest BCUT2D eigenvalue weighted by atomic mass is 10.4. The lowest BCUT2D eigenvalue weighted by Gasteiger charge is -2.08. The lowest BCUT2D eigenvalue weighted by Crippen LogP contribution is -2.34. The van der Waals surface area contributed by atoms with Gasteiger partial charge in [-0.2, -0.15) is 5.26 Å². The molecule has 0 bridgehead atoms. The van der Waals surface area contributed by atoms with Crippen molar-refractivity contribution in [3.05, 3.63) is 0 Å². The van der Waals surface area contributed by atoms with Gasteiger partial charge in [0.25, 0.3) is 0 Å². The largest absolute Gasteiger partial charge is 0.227 e. The van der Waals surface area contributed by atoms with Gasteiger partial charge in [0.15, 0.2) is 5.25 Å². The van der Waals surface area contributed by atoms with Crippen LogP contribution >= 0.6 is 0 Å². The predicted octanol–water partition coefficient (Wildman–Crippen LogP) is 0.618. The van der Waals surface area contributed by atoms with E-state index in [9.17, 15) is 8.42 Å². The van der Waals surface area contributed by atoms with Crippen molar-refractivity contribution < 1.29 is 8.42 Å². The fourth-order valence-corrected chi connectivity index (χ4v) is 2.28. The summed E-state index contributed by atoms with van der Waals surface area (Å²) in [4.78, 5) is 0. The second-order valence-corrected chi connectivity index (χ2v) is 5.31. The Kier molecular flexibility index (Phi) is 3.28. The zero-order chi connectivity index (χ0) is 9.90. The number of nitrogens with one attached hydrogen (secondary N) is 1. The summed E-state index contributed by atoms with van der Waals surface area (Å²) in [5.41, 5.74) is 0. The van der Waals surface area contributed by atoms with Gasteiger partial charge in [-0.1, -0.05) is 6.92 Å². The normalized spacial score (nSPS) is 19.4. The van der Waals surface area contributed by atoms with E-state index in [0.717, 1.165) is 12.8 Å². The third-order valence-corrected chi connectivity index (χ3v) is 3.92. The molecule has 4 nitrogen and oxygen atoms in total. The number of nitriles is 1. The minimum atomic E-state index is -3.39. The van der Waals surface area contributed by atoms with Crippen molar-refractivity contribution in [3.8, 4) is 6.07 Å². The van der Waals surface area contributed by atoms with Crippen LogP contribution in [0, 0.1) is 17.2 Å². The van der Waals surface area contributed by atoms with E-state index < -0.39 is 15.3 Å². The molecule has 1 aliphatic rings. The zero-order valence-electron chi connectivity index (χ0n) is 7.66. The minimum absolute atomic E-state index is 0.344. The van der Waals surface area contributed by atoms with Crippen LogP contribution < -0.4 is 4.72 Å². The average molecular weight is 202 g/mol. The second kappa shape index (κ2) is 4.07. The summed E-state index contributed by atoms with van der Waals surface area (Å²) in [5.74, 6) is 0.506.